The van der Waals surface area contributed by atoms with E-state index in [9.17, 15) is 0 Å². The van der Waals surface area contributed by atoms with Crippen molar-refractivity contribution in [3.8, 4) is 0 Å². The zero-order chi connectivity index (χ0) is 11.7. The van der Waals surface area contributed by atoms with Crippen LogP contribution in [0, 0.1) is 6.92 Å². The van der Waals surface area contributed by atoms with Gasteiger partial charge < -0.3 is 5.73 Å². The van der Waals surface area contributed by atoms with Gasteiger partial charge >= 0.3 is 0 Å². The molecule has 1 aromatic heterocycles. The second kappa shape index (κ2) is 4.88. The monoisotopic (exact) mass is 315 g/mol. The Kier molecular flexibility index (Phi) is 3.70. The molecule has 1 aromatic carbocycles. The summed E-state index contributed by atoms with van der Waals surface area (Å²) in [4.78, 5) is 0. The molecule has 0 aliphatic carbocycles. The van der Waals surface area contributed by atoms with Crippen LogP contribution in [-0.4, -0.2) is 0 Å². The van der Waals surface area contributed by atoms with Crippen molar-refractivity contribution in [2.24, 2.45) is 5.73 Å². The maximum Gasteiger partial charge on any atom is 0.0571 e. The van der Waals surface area contributed by atoms with Crippen molar-refractivity contribution in [2.75, 3.05) is 0 Å². The lowest BCUT2D eigenvalue weighted by atomic mass is 10.0. The van der Waals surface area contributed by atoms with Gasteiger partial charge in [0.1, 0.15) is 0 Å². The Bertz CT molecular complexity index is 509. The van der Waals surface area contributed by atoms with Gasteiger partial charge in [0.2, 0.25) is 0 Å². The summed E-state index contributed by atoms with van der Waals surface area (Å²) in [5.74, 6) is 0. The number of benzene rings is 1. The van der Waals surface area contributed by atoms with Crippen molar-refractivity contribution in [3.63, 3.8) is 0 Å². The standard InChI is InChI=1S/C12H11BrClNS/c1-7-4-8(2-3-11(7)14)12(15)9-5-16-6-10(9)13/h2-6,12H,15H2,1H3. The molecule has 0 amide bonds. The SMILES string of the molecule is Cc1cc(C(N)c2cscc2Br)ccc1Cl. The number of nitrogens with two attached hydrogens (primary N) is 1. The van der Waals surface area contributed by atoms with Crippen LogP contribution in [0.3, 0.4) is 0 Å². The first-order valence-corrected chi connectivity index (χ1v) is 6.94. The van der Waals surface area contributed by atoms with Gasteiger partial charge in [-0.15, -0.1) is 0 Å². The zero-order valence-electron chi connectivity index (χ0n) is 8.71. The largest absolute Gasteiger partial charge is 0.320 e. The predicted octanol–water partition coefficient (Wildman–Crippen LogP) is 4.52. The summed E-state index contributed by atoms with van der Waals surface area (Å²) < 4.78 is 1.07. The molecule has 2 rings (SSSR count). The normalized spacial score (nSPS) is 12.8. The fourth-order valence-corrected chi connectivity index (χ4v) is 3.25. The van der Waals surface area contributed by atoms with Gasteiger partial charge in [-0.05, 0) is 51.0 Å². The zero-order valence-corrected chi connectivity index (χ0v) is 11.9. The van der Waals surface area contributed by atoms with Crippen LogP contribution in [-0.2, 0) is 0 Å². The van der Waals surface area contributed by atoms with E-state index < -0.39 is 0 Å². The molecular formula is C12H11BrClNS. The molecule has 2 N–H and O–H groups in total. The molecule has 0 saturated heterocycles. The second-order valence-electron chi connectivity index (χ2n) is 3.66. The third kappa shape index (κ3) is 2.33. The number of rotatable bonds is 2. The van der Waals surface area contributed by atoms with E-state index in [0.717, 1.165) is 26.2 Å². The lowest BCUT2D eigenvalue weighted by Gasteiger charge is -2.12. The third-order valence-corrected chi connectivity index (χ3v) is 4.69. The maximum absolute atomic E-state index is 6.21. The molecule has 0 radical (unpaired) electrons. The predicted molar refractivity (Wildman–Crippen MR) is 74.2 cm³/mol. The molecule has 4 heteroatoms. The van der Waals surface area contributed by atoms with Crippen LogP contribution in [0.25, 0.3) is 0 Å². The number of halogens is 2. The van der Waals surface area contributed by atoms with Gasteiger partial charge in [0.05, 0.1) is 6.04 Å². The van der Waals surface area contributed by atoms with E-state index in [2.05, 4.69) is 21.3 Å². The van der Waals surface area contributed by atoms with Crippen molar-refractivity contribution in [1.29, 1.82) is 0 Å². The van der Waals surface area contributed by atoms with Crippen LogP contribution in [0.1, 0.15) is 22.7 Å². The number of aryl methyl sites for hydroxylation is 1. The molecule has 0 fully saturated rings. The van der Waals surface area contributed by atoms with Gasteiger partial charge in [-0.25, -0.2) is 0 Å². The van der Waals surface area contributed by atoms with E-state index in [1.165, 1.54) is 0 Å². The van der Waals surface area contributed by atoms with Crippen molar-refractivity contribution >= 4 is 38.9 Å². The Morgan fingerprint density at radius 3 is 2.69 bits per heavy atom. The minimum atomic E-state index is -0.100. The topological polar surface area (TPSA) is 26.0 Å². The van der Waals surface area contributed by atoms with E-state index in [1.807, 2.05) is 30.5 Å². The first-order chi connectivity index (χ1) is 7.59. The average Bonchev–Trinajstić information content (AvgIpc) is 2.67. The minimum Gasteiger partial charge on any atom is -0.320 e. The fourth-order valence-electron chi connectivity index (χ4n) is 1.55. The Balaban J connectivity index is 2.38. The number of thiophene rings is 1. The van der Waals surface area contributed by atoms with Gasteiger partial charge in [-0.3, -0.25) is 0 Å². The lowest BCUT2D eigenvalue weighted by Crippen LogP contribution is -2.11. The van der Waals surface area contributed by atoms with Crippen molar-refractivity contribution in [3.05, 3.63) is 55.1 Å². The molecule has 1 nitrogen and oxygen atoms in total. The fraction of sp³-hybridized carbons (Fsp3) is 0.167. The molecule has 0 bridgehead atoms. The highest BCUT2D eigenvalue weighted by atomic mass is 79.9. The molecule has 2 aromatic rings. The van der Waals surface area contributed by atoms with Crippen LogP contribution >= 0.6 is 38.9 Å². The highest BCUT2D eigenvalue weighted by molar-refractivity contribution is 9.10. The number of hydrogen-bond acceptors (Lipinski definition) is 2. The molecule has 0 spiro atoms. The van der Waals surface area contributed by atoms with Gasteiger partial charge in [0, 0.05) is 14.9 Å². The Labute approximate surface area is 112 Å². The molecule has 0 aliphatic heterocycles. The van der Waals surface area contributed by atoms with Crippen LogP contribution in [0.2, 0.25) is 5.02 Å². The van der Waals surface area contributed by atoms with E-state index in [-0.39, 0.29) is 6.04 Å². The summed E-state index contributed by atoms with van der Waals surface area (Å²) in [6, 6.07) is 5.81. The Morgan fingerprint density at radius 1 is 1.38 bits per heavy atom. The van der Waals surface area contributed by atoms with Gasteiger partial charge in [-0.2, -0.15) is 11.3 Å². The van der Waals surface area contributed by atoms with Gasteiger partial charge in [0.15, 0.2) is 0 Å². The van der Waals surface area contributed by atoms with E-state index in [1.54, 1.807) is 11.3 Å². The van der Waals surface area contributed by atoms with Crippen LogP contribution in [0.4, 0.5) is 0 Å². The molecule has 16 heavy (non-hydrogen) atoms. The summed E-state index contributed by atoms with van der Waals surface area (Å²) in [5.41, 5.74) is 9.47. The lowest BCUT2D eigenvalue weighted by molar-refractivity contribution is 0.870. The first-order valence-electron chi connectivity index (χ1n) is 4.83. The third-order valence-electron chi connectivity index (χ3n) is 2.52. The minimum absolute atomic E-state index is 0.100. The van der Waals surface area contributed by atoms with Gasteiger partial charge in [0.25, 0.3) is 0 Å². The Morgan fingerprint density at radius 2 is 2.12 bits per heavy atom. The average molecular weight is 317 g/mol. The first kappa shape index (κ1) is 12.1. The van der Waals surface area contributed by atoms with Crippen LogP contribution < -0.4 is 5.73 Å². The summed E-state index contributed by atoms with van der Waals surface area (Å²) in [7, 11) is 0. The van der Waals surface area contributed by atoms with Crippen molar-refractivity contribution in [2.45, 2.75) is 13.0 Å². The maximum atomic E-state index is 6.21. The van der Waals surface area contributed by atoms with Gasteiger partial charge in [-0.1, -0.05) is 23.7 Å². The van der Waals surface area contributed by atoms with E-state index >= 15 is 0 Å². The second-order valence-corrected chi connectivity index (χ2v) is 5.67. The van der Waals surface area contributed by atoms with E-state index in [0.29, 0.717) is 0 Å². The summed E-state index contributed by atoms with van der Waals surface area (Å²) in [6.45, 7) is 1.99. The van der Waals surface area contributed by atoms with Crippen LogP contribution in [0.15, 0.2) is 33.4 Å². The van der Waals surface area contributed by atoms with E-state index in [4.69, 9.17) is 17.3 Å². The molecule has 1 atom stereocenters. The summed E-state index contributed by atoms with van der Waals surface area (Å²) in [5, 5.41) is 4.89. The Hall–Kier alpha value is -0.350. The van der Waals surface area contributed by atoms with Crippen molar-refractivity contribution in [1.82, 2.24) is 0 Å². The van der Waals surface area contributed by atoms with Crippen LogP contribution in [0.5, 0.6) is 0 Å². The van der Waals surface area contributed by atoms with Crippen molar-refractivity contribution < 1.29 is 0 Å². The highest BCUT2D eigenvalue weighted by Crippen LogP contribution is 2.31. The molecular weight excluding hydrogens is 306 g/mol. The number of hydrogen-bond donors (Lipinski definition) is 1. The molecule has 0 saturated carbocycles. The smallest absolute Gasteiger partial charge is 0.0571 e. The highest BCUT2D eigenvalue weighted by Gasteiger charge is 2.13. The molecule has 1 heterocycles. The molecule has 84 valence electrons. The quantitative estimate of drug-likeness (QED) is 0.866. The molecule has 1 unspecified atom stereocenters. The summed E-state index contributed by atoms with van der Waals surface area (Å²) >= 11 is 11.1. The summed E-state index contributed by atoms with van der Waals surface area (Å²) in [6.07, 6.45) is 0. The molecule has 0 aliphatic rings.